The molecule has 19 heavy (non-hydrogen) atoms. The number of carboxylic acid groups (broad SMARTS) is 1. The second kappa shape index (κ2) is 5.28. The van der Waals surface area contributed by atoms with Crippen molar-refractivity contribution in [3.8, 4) is 0 Å². The van der Waals surface area contributed by atoms with Crippen LogP contribution in [0.1, 0.15) is 21.5 Å². The van der Waals surface area contributed by atoms with Crippen molar-refractivity contribution in [2.75, 3.05) is 5.73 Å². The summed E-state index contributed by atoms with van der Waals surface area (Å²) in [4.78, 5) is 10.9. The standard InChI is InChI=1S/C14H11ClFNO2/c15-10-7-9(6-8-4-2-1-3-5-8)13(17)12(16)11(10)14(18)19/h1-5,7H,6,17H2,(H,18,19). The predicted molar refractivity (Wildman–Crippen MR) is 72.0 cm³/mol. The van der Waals surface area contributed by atoms with Gasteiger partial charge >= 0.3 is 5.97 Å². The first-order valence-corrected chi connectivity index (χ1v) is 5.92. The Bertz CT molecular complexity index is 629. The number of anilines is 1. The number of nitrogens with two attached hydrogens (primary N) is 1. The van der Waals surface area contributed by atoms with Crippen molar-refractivity contribution >= 4 is 23.3 Å². The lowest BCUT2D eigenvalue weighted by atomic mass is 10.0. The Morgan fingerprint density at radius 1 is 1.32 bits per heavy atom. The third-order valence-corrected chi connectivity index (χ3v) is 3.09. The fourth-order valence-corrected chi connectivity index (χ4v) is 2.14. The van der Waals surface area contributed by atoms with Crippen LogP contribution >= 0.6 is 11.6 Å². The molecule has 0 aliphatic rings. The minimum absolute atomic E-state index is 0.148. The first-order chi connectivity index (χ1) is 9.00. The molecule has 3 N–H and O–H groups in total. The van der Waals surface area contributed by atoms with Gasteiger partial charge in [-0.25, -0.2) is 9.18 Å². The first kappa shape index (κ1) is 13.4. The molecule has 2 rings (SSSR count). The number of nitrogen functional groups attached to an aromatic ring is 1. The lowest BCUT2D eigenvalue weighted by molar-refractivity contribution is 0.0692. The highest BCUT2D eigenvalue weighted by molar-refractivity contribution is 6.33. The summed E-state index contributed by atoms with van der Waals surface area (Å²) >= 11 is 5.79. The van der Waals surface area contributed by atoms with E-state index in [0.29, 0.717) is 12.0 Å². The van der Waals surface area contributed by atoms with E-state index in [1.165, 1.54) is 6.07 Å². The summed E-state index contributed by atoms with van der Waals surface area (Å²) in [6.45, 7) is 0. The number of carbonyl (C=O) groups is 1. The third-order valence-electron chi connectivity index (χ3n) is 2.79. The van der Waals surface area contributed by atoms with Gasteiger partial charge in [0.2, 0.25) is 0 Å². The van der Waals surface area contributed by atoms with Crippen LogP contribution in [0.2, 0.25) is 5.02 Å². The molecule has 5 heteroatoms. The highest BCUT2D eigenvalue weighted by atomic mass is 35.5. The van der Waals surface area contributed by atoms with E-state index in [2.05, 4.69) is 0 Å². The first-order valence-electron chi connectivity index (χ1n) is 5.54. The van der Waals surface area contributed by atoms with Crippen LogP contribution in [-0.4, -0.2) is 11.1 Å². The molecule has 0 radical (unpaired) electrons. The van der Waals surface area contributed by atoms with E-state index in [4.69, 9.17) is 22.4 Å². The zero-order chi connectivity index (χ0) is 14.0. The van der Waals surface area contributed by atoms with Gasteiger partial charge in [0.1, 0.15) is 5.56 Å². The van der Waals surface area contributed by atoms with Crippen molar-refractivity contribution in [1.82, 2.24) is 0 Å². The zero-order valence-corrected chi connectivity index (χ0v) is 10.6. The molecule has 0 atom stereocenters. The van der Waals surface area contributed by atoms with Crippen LogP contribution in [0.3, 0.4) is 0 Å². The monoisotopic (exact) mass is 279 g/mol. The van der Waals surface area contributed by atoms with Crippen LogP contribution in [0.5, 0.6) is 0 Å². The Balaban J connectivity index is 2.46. The van der Waals surface area contributed by atoms with Gasteiger partial charge in [-0.1, -0.05) is 41.9 Å². The van der Waals surface area contributed by atoms with Crippen LogP contribution < -0.4 is 5.73 Å². The van der Waals surface area contributed by atoms with Gasteiger partial charge in [-0.15, -0.1) is 0 Å². The Labute approximate surface area is 114 Å². The maximum atomic E-state index is 13.9. The second-order valence-electron chi connectivity index (χ2n) is 4.09. The maximum Gasteiger partial charge on any atom is 0.340 e. The van der Waals surface area contributed by atoms with Gasteiger partial charge < -0.3 is 10.8 Å². The molecule has 0 aliphatic carbocycles. The molecule has 0 amide bonds. The fourth-order valence-electron chi connectivity index (χ4n) is 1.84. The largest absolute Gasteiger partial charge is 0.478 e. The number of hydrogen-bond donors (Lipinski definition) is 2. The smallest absolute Gasteiger partial charge is 0.340 e. The summed E-state index contributed by atoms with van der Waals surface area (Å²) in [5.41, 5.74) is 6.29. The summed E-state index contributed by atoms with van der Waals surface area (Å²) in [5, 5.41) is 8.72. The van der Waals surface area contributed by atoms with Gasteiger partial charge in [0.25, 0.3) is 0 Å². The van der Waals surface area contributed by atoms with Gasteiger partial charge in [0.15, 0.2) is 5.82 Å². The zero-order valence-electron chi connectivity index (χ0n) is 9.86. The normalized spacial score (nSPS) is 10.4. The Hall–Kier alpha value is -2.07. The van der Waals surface area contributed by atoms with E-state index in [-0.39, 0.29) is 10.7 Å². The van der Waals surface area contributed by atoms with Gasteiger partial charge in [0.05, 0.1) is 10.7 Å². The number of carboxylic acids is 1. The van der Waals surface area contributed by atoms with E-state index in [0.717, 1.165) is 5.56 Å². The van der Waals surface area contributed by atoms with E-state index in [1.807, 2.05) is 30.3 Å². The van der Waals surface area contributed by atoms with Crippen molar-refractivity contribution in [2.24, 2.45) is 0 Å². The van der Waals surface area contributed by atoms with Crippen molar-refractivity contribution in [2.45, 2.75) is 6.42 Å². The molecule has 0 heterocycles. The molecular weight excluding hydrogens is 269 g/mol. The van der Waals surface area contributed by atoms with E-state index >= 15 is 0 Å². The highest BCUT2D eigenvalue weighted by Crippen LogP contribution is 2.29. The van der Waals surface area contributed by atoms with Crippen LogP contribution in [0.15, 0.2) is 36.4 Å². The highest BCUT2D eigenvalue weighted by Gasteiger charge is 2.20. The molecule has 0 fully saturated rings. The van der Waals surface area contributed by atoms with Crippen molar-refractivity contribution in [3.63, 3.8) is 0 Å². The lowest BCUT2D eigenvalue weighted by Crippen LogP contribution is -2.08. The summed E-state index contributed by atoms with van der Waals surface area (Å²) in [5.74, 6) is -2.41. The number of halogens is 2. The number of hydrogen-bond acceptors (Lipinski definition) is 2. The SMILES string of the molecule is Nc1c(Cc2ccccc2)cc(Cl)c(C(=O)O)c1F. The molecular formula is C14H11ClFNO2. The van der Waals surface area contributed by atoms with E-state index in [1.54, 1.807) is 0 Å². The summed E-state index contributed by atoms with van der Waals surface area (Å²) in [6.07, 6.45) is 0.392. The lowest BCUT2D eigenvalue weighted by Gasteiger charge is -2.10. The summed E-state index contributed by atoms with van der Waals surface area (Å²) in [7, 11) is 0. The molecule has 2 aromatic rings. The minimum atomic E-state index is -1.43. The van der Waals surface area contributed by atoms with Crippen molar-refractivity contribution in [1.29, 1.82) is 0 Å². The molecule has 0 saturated heterocycles. The number of rotatable bonds is 3. The quantitative estimate of drug-likeness (QED) is 0.847. The average molecular weight is 280 g/mol. The Morgan fingerprint density at radius 3 is 2.53 bits per heavy atom. The molecule has 98 valence electrons. The van der Waals surface area contributed by atoms with Crippen LogP contribution in [0, 0.1) is 5.82 Å². The Morgan fingerprint density at radius 2 is 1.95 bits per heavy atom. The summed E-state index contributed by atoms with van der Waals surface area (Å²) in [6, 6.07) is 10.7. The van der Waals surface area contributed by atoms with E-state index in [9.17, 15) is 9.18 Å². The molecule has 3 nitrogen and oxygen atoms in total. The molecule has 0 saturated carbocycles. The van der Waals surface area contributed by atoms with Crippen molar-refractivity contribution in [3.05, 3.63) is 63.9 Å². The van der Waals surface area contributed by atoms with Crippen molar-refractivity contribution < 1.29 is 14.3 Å². The second-order valence-corrected chi connectivity index (χ2v) is 4.49. The van der Waals surface area contributed by atoms with Crippen LogP contribution in [0.4, 0.5) is 10.1 Å². The molecule has 0 unspecified atom stereocenters. The van der Waals surface area contributed by atoms with Crippen LogP contribution in [0.25, 0.3) is 0 Å². The predicted octanol–water partition coefficient (Wildman–Crippen LogP) is 3.35. The number of aromatic carboxylic acids is 1. The fraction of sp³-hybridized carbons (Fsp3) is 0.0714. The average Bonchev–Trinajstić information content (AvgIpc) is 2.36. The Kier molecular flexibility index (Phi) is 3.71. The van der Waals surface area contributed by atoms with Gasteiger partial charge in [0, 0.05) is 0 Å². The topological polar surface area (TPSA) is 63.3 Å². The van der Waals surface area contributed by atoms with Gasteiger partial charge in [-0.3, -0.25) is 0 Å². The summed E-state index contributed by atoms with van der Waals surface area (Å²) < 4.78 is 13.9. The third kappa shape index (κ3) is 2.69. The van der Waals surface area contributed by atoms with E-state index < -0.39 is 17.3 Å². The molecule has 2 aromatic carbocycles. The molecule has 0 spiro atoms. The van der Waals surface area contributed by atoms with Gasteiger partial charge in [-0.05, 0) is 23.6 Å². The molecule has 0 bridgehead atoms. The molecule has 0 aliphatic heterocycles. The maximum absolute atomic E-state index is 13.9. The minimum Gasteiger partial charge on any atom is -0.478 e. The molecule has 0 aromatic heterocycles. The number of benzene rings is 2. The van der Waals surface area contributed by atoms with Crippen LogP contribution in [-0.2, 0) is 6.42 Å². The van der Waals surface area contributed by atoms with Gasteiger partial charge in [-0.2, -0.15) is 0 Å².